The highest BCUT2D eigenvalue weighted by Gasteiger charge is 2.09. The van der Waals surface area contributed by atoms with Gasteiger partial charge in [-0.25, -0.2) is 19.3 Å². The fraction of sp³-hybridized carbons (Fsp3) is 0.0769. The minimum atomic E-state index is -0.395. The molecule has 0 saturated carbocycles. The molecule has 0 amide bonds. The number of nitrogen functional groups attached to an aromatic ring is 1. The van der Waals surface area contributed by atoms with Crippen molar-refractivity contribution in [2.24, 2.45) is 5.73 Å². The normalized spacial score (nSPS) is 10.9. The molecule has 0 atom stereocenters. The number of fused-ring (bicyclic) bond motifs is 1. The lowest BCUT2D eigenvalue weighted by atomic mass is 10.1. The molecule has 106 valence electrons. The summed E-state index contributed by atoms with van der Waals surface area (Å²) in [6, 6.07) is 4.46. The van der Waals surface area contributed by atoms with E-state index in [-0.39, 0.29) is 4.99 Å². The van der Waals surface area contributed by atoms with Crippen LogP contribution in [0.3, 0.4) is 0 Å². The molecule has 0 unspecified atom stereocenters. The van der Waals surface area contributed by atoms with E-state index >= 15 is 0 Å². The van der Waals surface area contributed by atoms with Crippen molar-refractivity contribution in [1.82, 2.24) is 19.5 Å². The molecule has 0 saturated heterocycles. The highest BCUT2D eigenvalue weighted by Crippen LogP contribution is 2.17. The summed E-state index contributed by atoms with van der Waals surface area (Å²) < 4.78 is 15.4. The van der Waals surface area contributed by atoms with E-state index in [4.69, 9.17) is 23.7 Å². The van der Waals surface area contributed by atoms with Crippen LogP contribution in [-0.2, 0) is 6.54 Å². The van der Waals surface area contributed by atoms with E-state index in [0.717, 1.165) is 0 Å². The van der Waals surface area contributed by atoms with Crippen LogP contribution in [0.25, 0.3) is 11.2 Å². The molecule has 8 heteroatoms. The van der Waals surface area contributed by atoms with E-state index in [2.05, 4.69) is 15.0 Å². The number of hydrogen-bond acceptors (Lipinski definition) is 5. The first-order valence-electron chi connectivity index (χ1n) is 6.05. The Kier molecular flexibility index (Phi) is 3.22. The number of benzene rings is 1. The Morgan fingerprint density at radius 1 is 1.24 bits per heavy atom. The van der Waals surface area contributed by atoms with Gasteiger partial charge in [0.2, 0.25) is 0 Å². The second kappa shape index (κ2) is 5.06. The molecule has 0 aliphatic rings. The number of rotatable bonds is 3. The van der Waals surface area contributed by atoms with Crippen molar-refractivity contribution in [3.05, 3.63) is 47.8 Å². The summed E-state index contributed by atoms with van der Waals surface area (Å²) in [6.07, 6.45) is 2.95. The zero-order valence-corrected chi connectivity index (χ0v) is 11.6. The fourth-order valence-corrected chi connectivity index (χ4v) is 2.21. The third-order valence-electron chi connectivity index (χ3n) is 3.02. The minimum absolute atomic E-state index is 0.151. The van der Waals surface area contributed by atoms with Crippen LogP contribution in [0.4, 0.5) is 10.2 Å². The quantitative estimate of drug-likeness (QED) is 0.707. The molecule has 0 fully saturated rings. The van der Waals surface area contributed by atoms with Gasteiger partial charge in [-0.3, -0.25) is 0 Å². The summed E-state index contributed by atoms with van der Waals surface area (Å²) in [5.41, 5.74) is 13.6. The van der Waals surface area contributed by atoms with Crippen molar-refractivity contribution in [2.45, 2.75) is 6.54 Å². The van der Waals surface area contributed by atoms with Crippen LogP contribution in [0.2, 0.25) is 0 Å². The molecule has 3 rings (SSSR count). The lowest BCUT2D eigenvalue weighted by Crippen LogP contribution is -2.11. The maximum atomic E-state index is 13.6. The van der Waals surface area contributed by atoms with Crippen molar-refractivity contribution in [1.29, 1.82) is 0 Å². The number of imidazole rings is 1. The maximum absolute atomic E-state index is 13.6. The van der Waals surface area contributed by atoms with Gasteiger partial charge in [0, 0.05) is 5.56 Å². The molecule has 0 aliphatic carbocycles. The molecule has 6 nitrogen and oxygen atoms in total. The van der Waals surface area contributed by atoms with E-state index in [1.54, 1.807) is 17.0 Å². The summed E-state index contributed by atoms with van der Waals surface area (Å²) in [5, 5.41) is 0. The lowest BCUT2D eigenvalue weighted by molar-refractivity contribution is 0.623. The molecule has 2 heterocycles. The van der Waals surface area contributed by atoms with Crippen molar-refractivity contribution in [2.75, 3.05) is 5.73 Å². The largest absolute Gasteiger partial charge is 0.389 e. The monoisotopic (exact) mass is 302 g/mol. The summed E-state index contributed by atoms with van der Waals surface area (Å²) in [7, 11) is 0. The Morgan fingerprint density at radius 2 is 2.05 bits per heavy atom. The summed E-state index contributed by atoms with van der Waals surface area (Å²) in [5.74, 6) is -0.0873. The SMILES string of the molecule is NC(=S)c1cc(F)cc(Cn2cnc3c(N)ncnc32)c1. The summed E-state index contributed by atoms with van der Waals surface area (Å²) in [6.45, 7) is 0.375. The number of nitrogens with two attached hydrogens (primary N) is 2. The molecule has 3 aromatic rings. The Morgan fingerprint density at radius 3 is 2.81 bits per heavy atom. The second-order valence-electron chi connectivity index (χ2n) is 4.52. The number of thiocarbonyl (C=S) groups is 1. The van der Waals surface area contributed by atoms with Crippen LogP contribution >= 0.6 is 12.2 Å². The number of nitrogens with zero attached hydrogens (tertiary/aromatic N) is 4. The van der Waals surface area contributed by atoms with E-state index in [1.165, 1.54) is 18.5 Å². The number of anilines is 1. The molecular formula is C13H11FN6S. The van der Waals surface area contributed by atoms with E-state index in [0.29, 0.717) is 34.7 Å². The highest BCUT2D eigenvalue weighted by atomic mass is 32.1. The third-order valence-corrected chi connectivity index (χ3v) is 3.26. The highest BCUT2D eigenvalue weighted by molar-refractivity contribution is 7.80. The van der Waals surface area contributed by atoms with Gasteiger partial charge >= 0.3 is 0 Å². The first-order chi connectivity index (χ1) is 10.0. The zero-order valence-electron chi connectivity index (χ0n) is 10.8. The fourth-order valence-electron chi connectivity index (χ4n) is 2.10. The average Bonchev–Trinajstić information content (AvgIpc) is 2.83. The second-order valence-corrected chi connectivity index (χ2v) is 4.96. The maximum Gasteiger partial charge on any atom is 0.165 e. The van der Waals surface area contributed by atoms with Gasteiger partial charge in [-0.15, -0.1) is 0 Å². The zero-order chi connectivity index (χ0) is 15.0. The molecule has 0 spiro atoms. The van der Waals surface area contributed by atoms with Crippen molar-refractivity contribution in [3.8, 4) is 0 Å². The van der Waals surface area contributed by atoms with Gasteiger partial charge in [-0.05, 0) is 23.8 Å². The topological polar surface area (TPSA) is 95.6 Å². The number of hydrogen-bond donors (Lipinski definition) is 2. The molecule has 21 heavy (non-hydrogen) atoms. The average molecular weight is 302 g/mol. The number of halogens is 1. The Bertz CT molecular complexity index is 844. The van der Waals surface area contributed by atoms with Gasteiger partial charge in [0.1, 0.15) is 22.6 Å². The molecule has 1 aromatic carbocycles. The van der Waals surface area contributed by atoms with E-state index < -0.39 is 5.82 Å². The van der Waals surface area contributed by atoms with Gasteiger partial charge in [0.25, 0.3) is 0 Å². The molecule has 0 bridgehead atoms. The molecule has 0 radical (unpaired) electrons. The first kappa shape index (κ1) is 13.4. The molecular weight excluding hydrogens is 291 g/mol. The van der Waals surface area contributed by atoms with E-state index in [1.807, 2.05) is 0 Å². The predicted octanol–water partition coefficient (Wildman–Crippen LogP) is 1.23. The van der Waals surface area contributed by atoms with Gasteiger partial charge in [0.05, 0.1) is 12.9 Å². The smallest absolute Gasteiger partial charge is 0.165 e. The van der Waals surface area contributed by atoms with Crippen LogP contribution in [0.15, 0.2) is 30.9 Å². The molecule has 0 aliphatic heterocycles. The van der Waals surface area contributed by atoms with Gasteiger partial charge in [-0.1, -0.05) is 12.2 Å². The molecule has 4 N–H and O–H groups in total. The standard InChI is InChI=1S/C13H11FN6S/c14-9-2-7(1-8(3-9)12(16)21)4-20-6-19-10-11(15)17-5-18-13(10)20/h1-3,5-6H,4H2,(H2,16,21)(H2,15,17,18). The van der Waals surface area contributed by atoms with Crippen LogP contribution in [-0.4, -0.2) is 24.5 Å². The van der Waals surface area contributed by atoms with Crippen molar-refractivity contribution in [3.63, 3.8) is 0 Å². The number of aromatic nitrogens is 4. The first-order valence-corrected chi connectivity index (χ1v) is 6.46. The van der Waals surface area contributed by atoms with Crippen molar-refractivity contribution < 1.29 is 4.39 Å². The van der Waals surface area contributed by atoms with Crippen LogP contribution < -0.4 is 11.5 Å². The third kappa shape index (κ3) is 2.52. The predicted molar refractivity (Wildman–Crippen MR) is 81.1 cm³/mol. The van der Waals surface area contributed by atoms with Crippen molar-refractivity contribution >= 4 is 34.2 Å². The Hall–Kier alpha value is -2.61. The van der Waals surface area contributed by atoms with Gasteiger partial charge in [0.15, 0.2) is 11.5 Å². The van der Waals surface area contributed by atoms with Gasteiger partial charge < -0.3 is 16.0 Å². The van der Waals surface area contributed by atoms with E-state index in [9.17, 15) is 4.39 Å². The Balaban J connectivity index is 2.03. The minimum Gasteiger partial charge on any atom is -0.389 e. The summed E-state index contributed by atoms with van der Waals surface area (Å²) in [4.78, 5) is 12.3. The lowest BCUT2D eigenvalue weighted by Gasteiger charge is -2.07. The van der Waals surface area contributed by atoms with Crippen LogP contribution in [0.5, 0.6) is 0 Å². The molecule has 2 aromatic heterocycles. The Labute approximate surface area is 124 Å². The van der Waals surface area contributed by atoms with Crippen LogP contribution in [0.1, 0.15) is 11.1 Å². The summed E-state index contributed by atoms with van der Waals surface area (Å²) >= 11 is 4.88. The van der Waals surface area contributed by atoms with Gasteiger partial charge in [-0.2, -0.15) is 0 Å². The van der Waals surface area contributed by atoms with Crippen LogP contribution in [0, 0.1) is 5.82 Å².